The van der Waals surface area contributed by atoms with Crippen LogP contribution in [0.25, 0.3) is 22.6 Å². The first-order valence-electron chi connectivity index (χ1n) is 12.7. The maximum atomic E-state index is 11.4. The zero-order valence-electron chi connectivity index (χ0n) is 21.1. The Hall–Kier alpha value is -3.96. The summed E-state index contributed by atoms with van der Waals surface area (Å²) in [4.78, 5) is 30.0. The van der Waals surface area contributed by atoms with Crippen molar-refractivity contribution in [2.45, 2.75) is 18.6 Å². The highest BCUT2D eigenvalue weighted by atomic mass is 32.2. The summed E-state index contributed by atoms with van der Waals surface area (Å²) >= 11 is 1.68. The van der Waals surface area contributed by atoms with E-state index in [1.165, 1.54) is 11.8 Å². The first-order chi connectivity index (χ1) is 18.6. The molecule has 0 unspecified atom stereocenters. The summed E-state index contributed by atoms with van der Waals surface area (Å²) in [5.74, 6) is 1.42. The fourth-order valence-electron chi connectivity index (χ4n) is 4.96. The number of nitro groups is 1. The second-order valence-electron chi connectivity index (χ2n) is 9.26. The van der Waals surface area contributed by atoms with Gasteiger partial charge in [-0.2, -0.15) is 0 Å². The summed E-state index contributed by atoms with van der Waals surface area (Å²) in [6, 6.07) is 16.8. The molecule has 38 heavy (non-hydrogen) atoms. The third-order valence-electron chi connectivity index (χ3n) is 7.02. The molecule has 0 saturated carbocycles. The molecule has 1 N–H and O–H groups in total. The molecule has 2 aromatic carbocycles. The van der Waals surface area contributed by atoms with Crippen LogP contribution in [0.3, 0.4) is 0 Å². The van der Waals surface area contributed by atoms with Crippen molar-refractivity contribution in [2.75, 3.05) is 48.7 Å². The number of hydrogen-bond donors (Lipinski definition) is 1. The van der Waals surface area contributed by atoms with E-state index in [1.807, 2.05) is 12.1 Å². The van der Waals surface area contributed by atoms with Crippen LogP contribution < -0.4 is 10.2 Å². The maximum absolute atomic E-state index is 11.4. The van der Waals surface area contributed by atoms with E-state index in [2.05, 4.69) is 55.9 Å². The summed E-state index contributed by atoms with van der Waals surface area (Å²) in [7, 11) is 0. The monoisotopic (exact) mass is 528 g/mol. The Bertz CT molecular complexity index is 1460. The van der Waals surface area contributed by atoms with E-state index in [4.69, 9.17) is 9.97 Å². The number of non-ortho nitro benzene ring substituents is 1. The lowest BCUT2D eigenvalue weighted by Gasteiger charge is -2.35. The quantitative estimate of drug-likeness (QED) is 0.265. The van der Waals surface area contributed by atoms with Crippen molar-refractivity contribution in [1.29, 1.82) is 0 Å². The summed E-state index contributed by atoms with van der Waals surface area (Å²) in [5, 5.41) is 15.6. The molecule has 194 valence electrons. The standard InChI is InChI=1S/C27H28N8O2S/c1-2-32-12-14-33(15-13-32)21-8-6-20(7-9-21)29-26-28-11-10-23(30-26)25-24(31-27-34(25)16-17-38-27)19-4-3-5-22(18-19)35(36)37/h3-11,18H,2,12-17H2,1H3,(H,28,29,30). The second-order valence-corrected chi connectivity index (χ2v) is 10.3. The third kappa shape index (κ3) is 4.82. The molecule has 0 bridgehead atoms. The Labute approximate surface area is 224 Å². The third-order valence-corrected chi connectivity index (χ3v) is 7.97. The van der Waals surface area contributed by atoms with E-state index < -0.39 is 0 Å². The van der Waals surface area contributed by atoms with Crippen molar-refractivity contribution in [1.82, 2.24) is 24.4 Å². The molecule has 0 atom stereocenters. The molecule has 2 aliphatic heterocycles. The lowest BCUT2D eigenvalue weighted by molar-refractivity contribution is -0.384. The Balaban J connectivity index is 1.26. The van der Waals surface area contributed by atoms with Crippen LogP contribution in [0.15, 0.2) is 66.0 Å². The van der Waals surface area contributed by atoms with Gasteiger partial charge in [0.05, 0.1) is 22.0 Å². The molecule has 1 saturated heterocycles. The number of nitro benzene ring substituents is 1. The molecular formula is C27H28N8O2S. The number of fused-ring (bicyclic) bond motifs is 1. The molecule has 10 nitrogen and oxygen atoms in total. The molecule has 2 aliphatic rings. The van der Waals surface area contributed by atoms with Gasteiger partial charge in [0.2, 0.25) is 5.95 Å². The van der Waals surface area contributed by atoms with E-state index >= 15 is 0 Å². The fraction of sp³-hybridized carbons (Fsp3) is 0.296. The van der Waals surface area contributed by atoms with Crippen molar-refractivity contribution in [3.05, 3.63) is 70.9 Å². The van der Waals surface area contributed by atoms with Crippen molar-refractivity contribution < 1.29 is 4.92 Å². The van der Waals surface area contributed by atoms with Gasteiger partial charge in [0.15, 0.2) is 5.16 Å². The lowest BCUT2D eigenvalue weighted by Crippen LogP contribution is -2.46. The molecule has 2 aromatic heterocycles. The van der Waals surface area contributed by atoms with Gasteiger partial charge in [-0.3, -0.25) is 10.1 Å². The van der Waals surface area contributed by atoms with Gasteiger partial charge in [0.1, 0.15) is 0 Å². The largest absolute Gasteiger partial charge is 0.369 e. The van der Waals surface area contributed by atoms with Gasteiger partial charge in [-0.15, -0.1) is 0 Å². The summed E-state index contributed by atoms with van der Waals surface area (Å²) in [6.45, 7) is 8.36. The minimum Gasteiger partial charge on any atom is -0.369 e. The number of piperazine rings is 1. The van der Waals surface area contributed by atoms with Gasteiger partial charge < -0.3 is 19.7 Å². The molecule has 4 heterocycles. The molecule has 0 aliphatic carbocycles. The van der Waals surface area contributed by atoms with Gasteiger partial charge in [0.25, 0.3) is 5.69 Å². The van der Waals surface area contributed by atoms with Crippen molar-refractivity contribution in [3.63, 3.8) is 0 Å². The van der Waals surface area contributed by atoms with Crippen LogP contribution in [-0.4, -0.2) is 67.8 Å². The van der Waals surface area contributed by atoms with Crippen LogP contribution in [-0.2, 0) is 6.54 Å². The molecule has 0 amide bonds. The molecule has 1 fully saturated rings. The topological polar surface area (TPSA) is 105 Å². The maximum Gasteiger partial charge on any atom is 0.270 e. The number of imidazole rings is 1. The Morgan fingerprint density at radius 3 is 2.61 bits per heavy atom. The number of hydrogen-bond acceptors (Lipinski definition) is 9. The summed E-state index contributed by atoms with van der Waals surface area (Å²) < 4.78 is 2.14. The number of likely N-dealkylation sites (N-methyl/N-ethyl adjacent to an activating group) is 1. The highest BCUT2D eigenvalue weighted by molar-refractivity contribution is 7.99. The zero-order valence-corrected chi connectivity index (χ0v) is 21.9. The second kappa shape index (κ2) is 10.4. The first kappa shape index (κ1) is 24.4. The van der Waals surface area contributed by atoms with Crippen LogP contribution in [0.2, 0.25) is 0 Å². The number of rotatable bonds is 7. The van der Waals surface area contributed by atoms with Crippen LogP contribution in [0, 0.1) is 10.1 Å². The summed E-state index contributed by atoms with van der Waals surface area (Å²) in [6.07, 6.45) is 1.73. The number of anilines is 3. The molecule has 4 aromatic rings. The van der Waals surface area contributed by atoms with E-state index in [0.29, 0.717) is 17.2 Å². The number of thioether (sulfide) groups is 1. The Kier molecular flexibility index (Phi) is 6.69. The highest BCUT2D eigenvalue weighted by Crippen LogP contribution is 2.39. The SMILES string of the molecule is CCN1CCN(c2ccc(Nc3nccc(-c4c(-c5cccc([N+](=O)[O-])c5)nc5n4CCS5)n3)cc2)CC1. The predicted octanol–water partition coefficient (Wildman–Crippen LogP) is 4.91. The van der Waals surface area contributed by atoms with E-state index in [9.17, 15) is 10.1 Å². The smallest absolute Gasteiger partial charge is 0.270 e. The highest BCUT2D eigenvalue weighted by Gasteiger charge is 2.26. The van der Waals surface area contributed by atoms with E-state index in [1.54, 1.807) is 30.1 Å². The number of benzene rings is 2. The number of aromatic nitrogens is 4. The first-order valence-corrected chi connectivity index (χ1v) is 13.7. The average molecular weight is 529 g/mol. The van der Waals surface area contributed by atoms with Gasteiger partial charge >= 0.3 is 0 Å². The number of nitrogens with one attached hydrogen (secondary N) is 1. The van der Waals surface area contributed by atoms with Gasteiger partial charge in [0, 0.05) is 73.7 Å². The lowest BCUT2D eigenvalue weighted by atomic mass is 10.1. The summed E-state index contributed by atoms with van der Waals surface area (Å²) in [5.41, 5.74) is 5.11. The van der Waals surface area contributed by atoms with Gasteiger partial charge in [-0.05, 0) is 36.9 Å². The van der Waals surface area contributed by atoms with Crippen LogP contribution in [0.5, 0.6) is 0 Å². The average Bonchev–Trinajstić information content (AvgIpc) is 3.55. The number of nitrogens with zero attached hydrogens (tertiary/aromatic N) is 7. The predicted molar refractivity (Wildman–Crippen MR) is 150 cm³/mol. The minimum absolute atomic E-state index is 0.0370. The normalized spacial score (nSPS) is 15.4. The van der Waals surface area contributed by atoms with Crippen LogP contribution in [0.4, 0.5) is 23.0 Å². The van der Waals surface area contributed by atoms with Crippen molar-refractivity contribution >= 4 is 34.8 Å². The molecule has 0 spiro atoms. The van der Waals surface area contributed by atoms with Gasteiger partial charge in [-0.25, -0.2) is 15.0 Å². The molecule has 11 heteroatoms. The van der Waals surface area contributed by atoms with Gasteiger partial charge in [-0.1, -0.05) is 30.8 Å². The van der Waals surface area contributed by atoms with E-state index in [-0.39, 0.29) is 10.6 Å². The zero-order chi connectivity index (χ0) is 26.1. The van der Waals surface area contributed by atoms with Crippen LogP contribution in [0.1, 0.15) is 6.92 Å². The molecule has 6 rings (SSSR count). The fourth-order valence-corrected chi connectivity index (χ4v) is 5.91. The van der Waals surface area contributed by atoms with Crippen LogP contribution >= 0.6 is 11.8 Å². The van der Waals surface area contributed by atoms with Crippen molar-refractivity contribution in [2.24, 2.45) is 0 Å². The Morgan fingerprint density at radius 1 is 1.03 bits per heavy atom. The van der Waals surface area contributed by atoms with Crippen molar-refractivity contribution in [3.8, 4) is 22.6 Å². The van der Waals surface area contributed by atoms with E-state index in [0.717, 1.165) is 67.3 Å². The minimum atomic E-state index is -0.384. The molecular weight excluding hydrogens is 500 g/mol. The molecule has 0 radical (unpaired) electrons. The Morgan fingerprint density at radius 2 is 1.84 bits per heavy atom.